The summed E-state index contributed by atoms with van der Waals surface area (Å²) in [6, 6.07) is 2.75. The lowest BCUT2D eigenvalue weighted by Gasteiger charge is -2.00. The lowest BCUT2D eigenvalue weighted by atomic mass is 10.1. The maximum atomic E-state index is 10.9. The lowest BCUT2D eigenvalue weighted by Crippen LogP contribution is -1.93. The summed E-state index contributed by atoms with van der Waals surface area (Å²) < 4.78 is 10.2. The van der Waals surface area contributed by atoms with Crippen molar-refractivity contribution in [3.8, 4) is 22.9 Å². The summed E-state index contributed by atoms with van der Waals surface area (Å²) in [6.07, 6.45) is 0. The van der Waals surface area contributed by atoms with Crippen molar-refractivity contribution in [2.75, 3.05) is 6.79 Å². The van der Waals surface area contributed by atoms with E-state index in [-0.39, 0.29) is 23.9 Å². The first-order valence-corrected chi connectivity index (χ1v) is 4.57. The molecule has 1 aromatic heterocycles. The van der Waals surface area contributed by atoms with Crippen LogP contribution in [0.4, 0.5) is 5.69 Å². The number of tetrazole rings is 1. The molecule has 0 radical (unpaired) electrons. The topological polar surface area (TPSA) is 116 Å². The van der Waals surface area contributed by atoms with E-state index in [9.17, 15) is 10.1 Å². The lowest BCUT2D eigenvalue weighted by molar-refractivity contribution is -0.384. The molecule has 0 atom stereocenters. The summed E-state index contributed by atoms with van der Waals surface area (Å²) >= 11 is 0. The van der Waals surface area contributed by atoms with Gasteiger partial charge in [0.1, 0.15) is 5.56 Å². The highest BCUT2D eigenvalue weighted by molar-refractivity contribution is 5.72. The fourth-order valence-electron chi connectivity index (χ4n) is 1.54. The Balaban J connectivity index is 2.22. The van der Waals surface area contributed by atoms with Crippen LogP contribution in [0.5, 0.6) is 11.5 Å². The Morgan fingerprint density at radius 1 is 1.35 bits per heavy atom. The number of nitrogens with zero attached hydrogens (tertiary/aromatic N) is 4. The minimum absolute atomic E-state index is 0.0438. The van der Waals surface area contributed by atoms with Crippen LogP contribution >= 0.6 is 0 Å². The molecule has 0 unspecified atom stereocenters. The number of benzene rings is 1. The largest absolute Gasteiger partial charge is 0.454 e. The van der Waals surface area contributed by atoms with E-state index in [4.69, 9.17) is 9.47 Å². The second-order valence-electron chi connectivity index (χ2n) is 3.22. The van der Waals surface area contributed by atoms with E-state index in [1.54, 1.807) is 0 Å². The third-order valence-electron chi connectivity index (χ3n) is 2.27. The number of hydrogen-bond acceptors (Lipinski definition) is 7. The van der Waals surface area contributed by atoms with Crippen molar-refractivity contribution in [2.24, 2.45) is 0 Å². The molecule has 1 N–H and O–H groups in total. The number of aromatic amines is 1. The first-order valence-electron chi connectivity index (χ1n) is 4.57. The summed E-state index contributed by atoms with van der Waals surface area (Å²) in [5.74, 6) is 0.898. The van der Waals surface area contributed by atoms with E-state index < -0.39 is 4.92 Å². The summed E-state index contributed by atoms with van der Waals surface area (Å²) in [6.45, 7) is 0.0438. The minimum Gasteiger partial charge on any atom is -0.454 e. The first kappa shape index (κ1) is 9.51. The van der Waals surface area contributed by atoms with Gasteiger partial charge < -0.3 is 9.47 Å². The van der Waals surface area contributed by atoms with Crippen LogP contribution in [0.1, 0.15) is 0 Å². The molecule has 9 nitrogen and oxygen atoms in total. The number of aromatic nitrogens is 4. The van der Waals surface area contributed by atoms with Crippen molar-refractivity contribution in [2.45, 2.75) is 0 Å². The highest BCUT2D eigenvalue weighted by Gasteiger charge is 2.26. The number of nitro benzene ring substituents is 1. The van der Waals surface area contributed by atoms with Gasteiger partial charge >= 0.3 is 0 Å². The van der Waals surface area contributed by atoms with E-state index in [1.807, 2.05) is 0 Å². The third kappa shape index (κ3) is 1.44. The number of nitro groups is 1. The number of H-pyrrole nitrogens is 1. The average Bonchev–Trinajstić information content (AvgIpc) is 2.98. The molecule has 2 aromatic rings. The van der Waals surface area contributed by atoms with Crippen molar-refractivity contribution in [3.05, 3.63) is 22.2 Å². The number of nitrogens with one attached hydrogen (secondary N) is 1. The molecule has 17 heavy (non-hydrogen) atoms. The summed E-state index contributed by atoms with van der Waals surface area (Å²) in [5, 5.41) is 24.0. The van der Waals surface area contributed by atoms with Gasteiger partial charge in [0.15, 0.2) is 11.5 Å². The van der Waals surface area contributed by atoms with E-state index in [0.717, 1.165) is 0 Å². The normalized spacial score (nSPS) is 12.7. The van der Waals surface area contributed by atoms with Crippen molar-refractivity contribution in [3.63, 3.8) is 0 Å². The van der Waals surface area contributed by atoms with Gasteiger partial charge in [-0.1, -0.05) is 0 Å². The molecule has 0 amide bonds. The quantitative estimate of drug-likeness (QED) is 0.595. The van der Waals surface area contributed by atoms with Crippen LogP contribution in [0.15, 0.2) is 12.1 Å². The SMILES string of the molecule is O=[N+]([O-])c1cc2c(cc1-c1nn[nH]n1)OCO2. The van der Waals surface area contributed by atoms with Gasteiger partial charge in [0.25, 0.3) is 5.69 Å². The van der Waals surface area contributed by atoms with Crippen molar-refractivity contribution >= 4 is 5.69 Å². The molecular weight excluding hydrogens is 230 g/mol. The van der Waals surface area contributed by atoms with Crippen LogP contribution in [0, 0.1) is 10.1 Å². The Morgan fingerprint density at radius 2 is 2.12 bits per heavy atom. The molecule has 3 rings (SSSR count). The zero-order chi connectivity index (χ0) is 11.8. The Hall–Kier alpha value is -2.71. The Bertz CT molecular complexity index is 582. The number of fused-ring (bicyclic) bond motifs is 1. The summed E-state index contributed by atoms with van der Waals surface area (Å²) in [7, 11) is 0. The van der Waals surface area contributed by atoms with E-state index in [1.165, 1.54) is 12.1 Å². The highest BCUT2D eigenvalue weighted by Crippen LogP contribution is 2.40. The van der Waals surface area contributed by atoms with Crippen LogP contribution in [-0.2, 0) is 0 Å². The molecule has 0 aliphatic carbocycles. The number of ether oxygens (including phenoxy) is 2. The predicted molar refractivity (Wildman–Crippen MR) is 52.4 cm³/mol. The molecule has 0 fully saturated rings. The first-order chi connectivity index (χ1) is 8.25. The second kappa shape index (κ2) is 3.40. The smallest absolute Gasteiger partial charge is 0.284 e. The maximum absolute atomic E-state index is 10.9. The second-order valence-corrected chi connectivity index (χ2v) is 3.22. The van der Waals surface area contributed by atoms with Crippen LogP contribution < -0.4 is 9.47 Å². The van der Waals surface area contributed by atoms with Crippen molar-refractivity contribution in [1.82, 2.24) is 20.6 Å². The van der Waals surface area contributed by atoms with Crippen molar-refractivity contribution < 1.29 is 14.4 Å². The van der Waals surface area contributed by atoms with Gasteiger partial charge in [0.05, 0.1) is 11.0 Å². The zero-order valence-corrected chi connectivity index (χ0v) is 8.28. The van der Waals surface area contributed by atoms with Crippen LogP contribution in [0.3, 0.4) is 0 Å². The molecule has 0 saturated carbocycles. The van der Waals surface area contributed by atoms with Gasteiger partial charge in [-0.25, -0.2) is 0 Å². The highest BCUT2D eigenvalue weighted by atomic mass is 16.7. The molecule has 9 heteroatoms. The summed E-state index contributed by atoms with van der Waals surface area (Å²) in [5.41, 5.74) is 0.0728. The summed E-state index contributed by atoms with van der Waals surface area (Å²) in [4.78, 5) is 10.4. The van der Waals surface area contributed by atoms with Crippen LogP contribution in [-0.4, -0.2) is 32.3 Å². The fraction of sp³-hybridized carbons (Fsp3) is 0.125. The van der Waals surface area contributed by atoms with Gasteiger partial charge in [-0.05, 0) is 5.21 Å². The van der Waals surface area contributed by atoms with Gasteiger partial charge in [-0.3, -0.25) is 10.1 Å². The monoisotopic (exact) mass is 235 g/mol. The van der Waals surface area contributed by atoms with Crippen LogP contribution in [0.2, 0.25) is 0 Å². The standard InChI is InChI=1S/C8H5N5O4/c14-13(15)5-2-7-6(16-3-17-7)1-4(5)8-9-11-12-10-8/h1-2H,3H2,(H,9,10,11,12). The molecule has 1 aliphatic heterocycles. The Labute approximate surface area is 93.5 Å². The predicted octanol–water partition coefficient (Wildman–Crippen LogP) is 0.504. The minimum atomic E-state index is -0.534. The molecule has 86 valence electrons. The Kier molecular flexibility index (Phi) is 1.90. The van der Waals surface area contributed by atoms with E-state index in [0.29, 0.717) is 11.5 Å². The molecule has 1 aromatic carbocycles. The molecule has 0 bridgehead atoms. The average molecular weight is 235 g/mol. The van der Waals surface area contributed by atoms with Gasteiger partial charge in [-0.2, -0.15) is 5.21 Å². The Morgan fingerprint density at radius 3 is 2.76 bits per heavy atom. The van der Waals surface area contributed by atoms with Crippen LogP contribution in [0.25, 0.3) is 11.4 Å². The maximum Gasteiger partial charge on any atom is 0.284 e. The number of hydrogen-bond donors (Lipinski definition) is 1. The molecular formula is C8H5N5O4. The molecule has 0 saturated heterocycles. The molecule has 0 spiro atoms. The van der Waals surface area contributed by atoms with Gasteiger partial charge in [0, 0.05) is 6.07 Å². The van der Waals surface area contributed by atoms with E-state index in [2.05, 4.69) is 20.6 Å². The van der Waals surface area contributed by atoms with Crippen molar-refractivity contribution in [1.29, 1.82) is 0 Å². The molecule has 1 aliphatic rings. The van der Waals surface area contributed by atoms with Gasteiger partial charge in [0.2, 0.25) is 12.6 Å². The van der Waals surface area contributed by atoms with E-state index >= 15 is 0 Å². The molecule has 2 heterocycles. The fourth-order valence-corrected chi connectivity index (χ4v) is 1.54. The van der Waals surface area contributed by atoms with Gasteiger partial charge in [-0.15, -0.1) is 10.2 Å². The third-order valence-corrected chi connectivity index (χ3v) is 2.27. The number of rotatable bonds is 2. The zero-order valence-electron chi connectivity index (χ0n) is 8.28.